The van der Waals surface area contributed by atoms with Gasteiger partial charge in [-0.1, -0.05) is 6.42 Å². The standard InChI is InChI=1S/C16H24N2O3/c1-2-20-16(19)13-6-7-15(14(17)12-13)21-11-10-18-8-4-3-5-9-18/h6-7,12H,2-5,8-11,17H2,1H3. The molecule has 2 N–H and O–H groups in total. The zero-order valence-electron chi connectivity index (χ0n) is 12.6. The molecule has 0 amide bonds. The van der Waals surface area contributed by atoms with Crippen LogP contribution in [0.3, 0.4) is 0 Å². The maximum atomic E-state index is 11.6. The maximum absolute atomic E-state index is 11.6. The second kappa shape index (κ2) is 7.88. The van der Waals surface area contributed by atoms with Gasteiger partial charge >= 0.3 is 5.97 Å². The molecule has 5 nitrogen and oxygen atoms in total. The van der Waals surface area contributed by atoms with E-state index in [1.54, 1.807) is 25.1 Å². The molecule has 0 aromatic heterocycles. The summed E-state index contributed by atoms with van der Waals surface area (Å²) in [5, 5.41) is 0. The number of likely N-dealkylation sites (tertiary alicyclic amines) is 1. The van der Waals surface area contributed by atoms with Gasteiger partial charge in [0, 0.05) is 6.54 Å². The first-order valence-corrected chi connectivity index (χ1v) is 7.62. The van der Waals surface area contributed by atoms with Gasteiger partial charge in [0.05, 0.1) is 17.9 Å². The molecular weight excluding hydrogens is 268 g/mol. The van der Waals surface area contributed by atoms with Crippen LogP contribution in [0, 0.1) is 0 Å². The zero-order valence-corrected chi connectivity index (χ0v) is 12.6. The number of hydrogen-bond acceptors (Lipinski definition) is 5. The molecule has 1 aromatic rings. The summed E-state index contributed by atoms with van der Waals surface area (Å²) in [7, 11) is 0. The first-order valence-electron chi connectivity index (χ1n) is 7.62. The molecule has 1 fully saturated rings. The van der Waals surface area contributed by atoms with Gasteiger partial charge in [-0.25, -0.2) is 4.79 Å². The summed E-state index contributed by atoms with van der Waals surface area (Å²) in [6, 6.07) is 5.02. The van der Waals surface area contributed by atoms with Crippen LogP contribution in [0.2, 0.25) is 0 Å². The highest BCUT2D eigenvalue weighted by Gasteiger charge is 2.12. The summed E-state index contributed by atoms with van der Waals surface area (Å²) in [4.78, 5) is 14.0. The minimum atomic E-state index is -0.357. The van der Waals surface area contributed by atoms with Crippen LogP contribution in [0.25, 0.3) is 0 Å². The molecule has 1 heterocycles. The van der Waals surface area contributed by atoms with E-state index in [-0.39, 0.29) is 5.97 Å². The van der Waals surface area contributed by atoms with Crippen molar-refractivity contribution in [1.29, 1.82) is 0 Å². The van der Waals surface area contributed by atoms with Crippen molar-refractivity contribution in [1.82, 2.24) is 4.90 Å². The van der Waals surface area contributed by atoms with Gasteiger partial charge in [-0.2, -0.15) is 0 Å². The lowest BCUT2D eigenvalue weighted by atomic mass is 10.1. The van der Waals surface area contributed by atoms with Gasteiger partial charge in [-0.05, 0) is 51.1 Å². The van der Waals surface area contributed by atoms with E-state index < -0.39 is 0 Å². The third kappa shape index (κ3) is 4.63. The Morgan fingerprint density at radius 3 is 2.71 bits per heavy atom. The molecule has 1 saturated heterocycles. The number of rotatable bonds is 6. The fourth-order valence-electron chi connectivity index (χ4n) is 2.49. The summed E-state index contributed by atoms with van der Waals surface area (Å²) in [5.41, 5.74) is 6.86. The van der Waals surface area contributed by atoms with E-state index in [0.29, 0.717) is 30.2 Å². The summed E-state index contributed by atoms with van der Waals surface area (Å²) >= 11 is 0. The highest BCUT2D eigenvalue weighted by molar-refractivity contribution is 5.91. The molecule has 1 aliphatic heterocycles. The van der Waals surface area contributed by atoms with Gasteiger partial charge in [0.2, 0.25) is 0 Å². The molecule has 21 heavy (non-hydrogen) atoms. The third-order valence-electron chi connectivity index (χ3n) is 3.63. The smallest absolute Gasteiger partial charge is 0.338 e. The Kier molecular flexibility index (Phi) is 5.87. The van der Waals surface area contributed by atoms with Crippen LogP contribution >= 0.6 is 0 Å². The minimum absolute atomic E-state index is 0.354. The Morgan fingerprint density at radius 2 is 2.05 bits per heavy atom. The number of benzene rings is 1. The maximum Gasteiger partial charge on any atom is 0.338 e. The van der Waals surface area contributed by atoms with Crippen LogP contribution in [0.4, 0.5) is 5.69 Å². The molecule has 5 heteroatoms. The SMILES string of the molecule is CCOC(=O)c1ccc(OCCN2CCCCC2)c(N)c1. The van der Waals surface area contributed by atoms with Gasteiger partial charge in [-0.3, -0.25) is 4.90 Å². The number of nitrogens with two attached hydrogens (primary N) is 1. The average molecular weight is 292 g/mol. The number of carbonyl (C=O) groups excluding carboxylic acids is 1. The van der Waals surface area contributed by atoms with Crippen molar-refractivity contribution in [2.24, 2.45) is 0 Å². The monoisotopic (exact) mass is 292 g/mol. The first-order chi connectivity index (χ1) is 10.2. The van der Waals surface area contributed by atoms with E-state index in [0.717, 1.165) is 19.6 Å². The molecule has 0 saturated carbocycles. The molecular formula is C16H24N2O3. The number of nitrogens with zero attached hydrogens (tertiary/aromatic N) is 1. The number of anilines is 1. The van der Waals surface area contributed by atoms with E-state index in [2.05, 4.69) is 4.90 Å². The predicted molar refractivity (Wildman–Crippen MR) is 82.6 cm³/mol. The zero-order chi connectivity index (χ0) is 15.1. The van der Waals surface area contributed by atoms with Crippen molar-refractivity contribution in [2.75, 3.05) is 38.6 Å². The molecule has 0 atom stereocenters. The van der Waals surface area contributed by atoms with Gasteiger partial charge in [0.25, 0.3) is 0 Å². The number of carbonyl (C=O) groups is 1. The van der Waals surface area contributed by atoms with Gasteiger partial charge in [0.1, 0.15) is 12.4 Å². The quantitative estimate of drug-likeness (QED) is 0.644. The Bertz CT molecular complexity index is 471. The molecule has 0 aliphatic carbocycles. The second-order valence-corrected chi connectivity index (χ2v) is 5.22. The Hall–Kier alpha value is -1.75. The number of hydrogen-bond donors (Lipinski definition) is 1. The molecule has 2 rings (SSSR count). The Morgan fingerprint density at radius 1 is 1.29 bits per heavy atom. The number of nitrogen functional groups attached to an aromatic ring is 1. The van der Waals surface area contributed by atoms with E-state index in [4.69, 9.17) is 15.2 Å². The highest BCUT2D eigenvalue weighted by atomic mass is 16.5. The molecule has 0 spiro atoms. The minimum Gasteiger partial charge on any atom is -0.490 e. The van der Waals surface area contributed by atoms with Crippen molar-refractivity contribution in [3.8, 4) is 5.75 Å². The van der Waals surface area contributed by atoms with Gasteiger partial charge in [0.15, 0.2) is 0 Å². The van der Waals surface area contributed by atoms with Crippen molar-refractivity contribution in [2.45, 2.75) is 26.2 Å². The lowest BCUT2D eigenvalue weighted by Gasteiger charge is -2.26. The second-order valence-electron chi connectivity index (χ2n) is 5.22. The number of ether oxygens (including phenoxy) is 2. The lowest BCUT2D eigenvalue weighted by Crippen LogP contribution is -2.33. The predicted octanol–water partition coefficient (Wildman–Crippen LogP) is 2.31. The fourth-order valence-corrected chi connectivity index (χ4v) is 2.49. The van der Waals surface area contributed by atoms with Crippen molar-refractivity contribution in [3.63, 3.8) is 0 Å². The average Bonchev–Trinajstić information content (AvgIpc) is 2.50. The lowest BCUT2D eigenvalue weighted by molar-refractivity contribution is 0.0526. The van der Waals surface area contributed by atoms with Crippen LogP contribution in [0.15, 0.2) is 18.2 Å². The molecule has 0 bridgehead atoms. The normalized spacial score (nSPS) is 15.7. The van der Waals surface area contributed by atoms with Crippen molar-refractivity contribution >= 4 is 11.7 Å². The first kappa shape index (κ1) is 15.6. The Balaban J connectivity index is 1.84. The molecule has 0 radical (unpaired) electrons. The summed E-state index contributed by atoms with van der Waals surface area (Å²) in [6.07, 6.45) is 3.88. The summed E-state index contributed by atoms with van der Waals surface area (Å²) in [6.45, 7) is 5.97. The molecule has 1 aliphatic rings. The molecule has 0 unspecified atom stereocenters. The van der Waals surface area contributed by atoms with E-state index in [9.17, 15) is 4.79 Å². The Labute approximate surface area is 126 Å². The highest BCUT2D eigenvalue weighted by Crippen LogP contribution is 2.23. The molecule has 1 aromatic carbocycles. The summed E-state index contributed by atoms with van der Waals surface area (Å²) < 4.78 is 10.7. The van der Waals surface area contributed by atoms with Crippen LogP contribution in [0.1, 0.15) is 36.5 Å². The van der Waals surface area contributed by atoms with E-state index in [1.807, 2.05) is 0 Å². The number of piperidine rings is 1. The van der Waals surface area contributed by atoms with Crippen LogP contribution in [-0.4, -0.2) is 43.7 Å². The third-order valence-corrected chi connectivity index (χ3v) is 3.63. The molecule has 116 valence electrons. The van der Waals surface area contributed by atoms with Crippen LogP contribution < -0.4 is 10.5 Å². The van der Waals surface area contributed by atoms with Gasteiger partial charge < -0.3 is 15.2 Å². The van der Waals surface area contributed by atoms with Crippen molar-refractivity contribution < 1.29 is 14.3 Å². The topological polar surface area (TPSA) is 64.8 Å². The largest absolute Gasteiger partial charge is 0.490 e. The number of esters is 1. The van der Waals surface area contributed by atoms with E-state index in [1.165, 1.54) is 19.3 Å². The van der Waals surface area contributed by atoms with Gasteiger partial charge in [-0.15, -0.1) is 0 Å². The van der Waals surface area contributed by atoms with E-state index >= 15 is 0 Å². The summed E-state index contributed by atoms with van der Waals surface area (Å²) in [5.74, 6) is 0.268. The fraction of sp³-hybridized carbons (Fsp3) is 0.562. The van der Waals surface area contributed by atoms with Crippen LogP contribution in [0.5, 0.6) is 5.75 Å². The van der Waals surface area contributed by atoms with Crippen molar-refractivity contribution in [3.05, 3.63) is 23.8 Å². The van der Waals surface area contributed by atoms with Crippen LogP contribution in [-0.2, 0) is 4.74 Å².